The van der Waals surface area contributed by atoms with Crippen molar-refractivity contribution < 1.29 is 23.9 Å². The first-order valence-corrected chi connectivity index (χ1v) is 9.30. The van der Waals surface area contributed by atoms with E-state index in [0.717, 1.165) is 18.4 Å². The van der Waals surface area contributed by atoms with Gasteiger partial charge in [-0.15, -0.1) is 0 Å². The number of ketones is 1. The predicted octanol–water partition coefficient (Wildman–Crippen LogP) is 2.68. The van der Waals surface area contributed by atoms with Crippen LogP contribution in [-0.2, 0) is 14.3 Å². The van der Waals surface area contributed by atoms with Crippen LogP contribution in [0.1, 0.15) is 44.7 Å². The molecule has 28 heavy (non-hydrogen) atoms. The molecule has 0 bridgehead atoms. The molecule has 2 aromatic rings. The van der Waals surface area contributed by atoms with Gasteiger partial charge in [0.25, 0.3) is 5.91 Å². The van der Waals surface area contributed by atoms with Crippen LogP contribution in [0.5, 0.6) is 0 Å². The fraction of sp³-hybridized carbons (Fsp3) is 0.318. The van der Waals surface area contributed by atoms with Crippen molar-refractivity contribution in [1.29, 1.82) is 0 Å². The molecule has 0 spiro atoms. The van der Waals surface area contributed by atoms with Crippen LogP contribution in [0.3, 0.4) is 0 Å². The Hall–Kier alpha value is -2.99. The SMILES string of the molecule is Cc1ccc(C(=O)c2ccccc2C(=O)OCC(=O)NC[C@H]2CCCO2)cc1. The van der Waals surface area contributed by atoms with Crippen molar-refractivity contribution in [1.82, 2.24) is 5.32 Å². The molecule has 1 aliphatic heterocycles. The van der Waals surface area contributed by atoms with Gasteiger partial charge in [-0.1, -0.05) is 48.0 Å². The highest BCUT2D eigenvalue weighted by molar-refractivity contribution is 6.14. The van der Waals surface area contributed by atoms with E-state index in [1.807, 2.05) is 19.1 Å². The standard InChI is InChI=1S/C22H23NO5/c1-15-8-10-16(11-9-15)21(25)18-6-2-3-7-19(18)22(26)28-14-20(24)23-13-17-5-4-12-27-17/h2-3,6-11,17H,4-5,12-14H2,1H3,(H,23,24)/t17-/m1/s1. The van der Waals surface area contributed by atoms with Crippen LogP contribution in [-0.4, -0.2) is 43.5 Å². The number of benzene rings is 2. The van der Waals surface area contributed by atoms with Crippen LogP contribution in [0.2, 0.25) is 0 Å². The van der Waals surface area contributed by atoms with Crippen molar-refractivity contribution in [2.75, 3.05) is 19.8 Å². The number of ether oxygens (including phenoxy) is 2. The lowest BCUT2D eigenvalue weighted by Crippen LogP contribution is -2.34. The van der Waals surface area contributed by atoms with E-state index < -0.39 is 18.5 Å². The highest BCUT2D eigenvalue weighted by Crippen LogP contribution is 2.16. The summed E-state index contributed by atoms with van der Waals surface area (Å²) in [4.78, 5) is 37.1. The molecule has 1 aliphatic rings. The van der Waals surface area contributed by atoms with E-state index in [4.69, 9.17) is 9.47 Å². The molecule has 0 radical (unpaired) electrons. The second-order valence-electron chi connectivity index (χ2n) is 6.76. The van der Waals surface area contributed by atoms with E-state index in [1.54, 1.807) is 30.3 Å². The average Bonchev–Trinajstić information content (AvgIpc) is 3.24. The predicted molar refractivity (Wildman–Crippen MR) is 103 cm³/mol. The molecule has 6 heteroatoms. The topological polar surface area (TPSA) is 81.7 Å². The summed E-state index contributed by atoms with van der Waals surface area (Å²) in [5, 5.41) is 2.69. The summed E-state index contributed by atoms with van der Waals surface area (Å²) in [7, 11) is 0. The molecular weight excluding hydrogens is 358 g/mol. The summed E-state index contributed by atoms with van der Waals surface area (Å²) in [5.41, 5.74) is 1.91. The Labute approximate surface area is 163 Å². The minimum atomic E-state index is -0.705. The zero-order valence-corrected chi connectivity index (χ0v) is 15.8. The van der Waals surface area contributed by atoms with Gasteiger partial charge in [-0.25, -0.2) is 4.79 Å². The maximum atomic E-state index is 12.8. The zero-order chi connectivity index (χ0) is 19.9. The summed E-state index contributed by atoms with van der Waals surface area (Å²) in [6.45, 7) is 2.64. The van der Waals surface area contributed by atoms with Crippen molar-refractivity contribution in [2.24, 2.45) is 0 Å². The number of nitrogens with one attached hydrogen (secondary N) is 1. The van der Waals surface area contributed by atoms with Crippen molar-refractivity contribution in [3.63, 3.8) is 0 Å². The Morgan fingerprint density at radius 3 is 2.46 bits per heavy atom. The first-order chi connectivity index (χ1) is 13.5. The number of esters is 1. The van der Waals surface area contributed by atoms with Gasteiger partial charge in [-0.05, 0) is 25.8 Å². The van der Waals surface area contributed by atoms with Crippen LogP contribution in [0, 0.1) is 6.92 Å². The number of hydrogen-bond donors (Lipinski definition) is 1. The van der Waals surface area contributed by atoms with Crippen molar-refractivity contribution in [2.45, 2.75) is 25.9 Å². The Morgan fingerprint density at radius 2 is 1.79 bits per heavy atom. The lowest BCUT2D eigenvalue weighted by atomic mass is 9.98. The monoisotopic (exact) mass is 381 g/mol. The Morgan fingerprint density at radius 1 is 1.07 bits per heavy atom. The minimum absolute atomic E-state index is 0.0208. The van der Waals surface area contributed by atoms with Crippen molar-refractivity contribution >= 4 is 17.7 Å². The van der Waals surface area contributed by atoms with Gasteiger partial charge in [-0.3, -0.25) is 9.59 Å². The maximum absolute atomic E-state index is 12.8. The Bertz CT molecular complexity index is 853. The Balaban J connectivity index is 1.61. The molecule has 0 saturated carbocycles. The number of amides is 1. The van der Waals surface area contributed by atoms with Crippen LogP contribution in [0.25, 0.3) is 0 Å². The second kappa shape index (κ2) is 9.28. The van der Waals surface area contributed by atoms with Gasteiger partial charge in [-0.2, -0.15) is 0 Å². The van der Waals surface area contributed by atoms with Gasteiger partial charge in [0.05, 0.1) is 11.7 Å². The zero-order valence-electron chi connectivity index (χ0n) is 15.8. The third-order valence-electron chi connectivity index (χ3n) is 4.59. The van der Waals surface area contributed by atoms with Crippen molar-refractivity contribution in [3.05, 3.63) is 70.8 Å². The molecule has 6 nitrogen and oxygen atoms in total. The molecule has 1 fully saturated rings. The largest absolute Gasteiger partial charge is 0.452 e. The minimum Gasteiger partial charge on any atom is -0.452 e. The smallest absolute Gasteiger partial charge is 0.339 e. The first-order valence-electron chi connectivity index (χ1n) is 9.30. The average molecular weight is 381 g/mol. The van der Waals surface area contributed by atoms with Crippen LogP contribution in [0.4, 0.5) is 0 Å². The summed E-state index contributed by atoms with van der Waals surface area (Å²) < 4.78 is 10.5. The summed E-state index contributed by atoms with van der Waals surface area (Å²) in [5.74, 6) is -1.37. The molecule has 0 unspecified atom stereocenters. The molecule has 146 valence electrons. The lowest BCUT2D eigenvalue weighted by Gasteiger charge is -2.12. The number of carbonyl (C=O) groups excluding carboxylic acids is 3. The fourth-order valence-electron chi connectivity index (χ4n) is 3.01. The van der Waals surface area contributed by atoms with Gasteiger partial charge in [0.1, 0.15) is 0 Å². The van der Waals surface area contributed by atoms with E-state index in [9.17, 15) is 14.4 Å². The number of rotatable bonds is 7. The van der Waals surface area contributed by atoms with E-state index in [0.29, 0.717) is 18.7 Å². The Kier molecular flexibility index (Phi) is 6.55. The maximum Gasteiger partial charge on any atom is 0.339 e. The molecule has 1 saturated heterocycles. The summed E-state index contributed by atoms with van der Waals surface area (Å²) >= 11 is 0. The third-order valence-corrected chi connectivity index (χ3v) is 4.59. The van der Waals surface area contributed by atoms with Gasteiger partial charge in [0.15, 0.2) is 12.4 Å². The highest BCUT2D eigenvalue weighted by Gasteiger charge is 2.20. The van der Waals surface area contributed by atoms with E-state index >= 15 is 0 Å². The summed E-state index contributed by atoms with van der Waals surface area (Å²) in [6, 6.07) is 13.6. The van der Waals surface area contributed by atoms with Crippen LogP contribution >= 0.6 is 0 Å². The summed E-state index contributed by atoms with van der Waals surface area (Å²) in [6.07, 6.45) is 1.92. The van der Waals surface area contributed by atoms with E-state index in [2.05, 4.69) is 5.32 Å². The molecule has 0 aliphatic carbocycles. The fourth-order valence-corrected chi connectivity index (χ4v) is 3.01. The molecule has 0 aromatic heterocycles. The van der Waals surface area contributed by atoms with Gasteiger partial charge < -0.3 is 14.8 Å². The lowest BCUT2D eigenvalue weighted by molar-refractivity contribution is -0.124. The number of carbonyl (C=O) groups is 3. The van der Waals surface area contributed by atoms with E-state index in [1.165, 1.54) is 6.07 Å². The third kappa shape index (κ3) is 5.04. The van der Waals surface area contributed by atoms with Gasteiger partial charge >= 0.3 is 5.97 Å². The normalized spacial score (nSPS) is 15.8. The second-order valence-corrected chi connectivity index (χ2v) is 6.76. The van der Waals surface area contributed by atoms with E-state index in [-0.39, 0.29) is 23.0 Å². The molecule has 1 amide bonds. The molecule has 1 atom stereocenters. The quantitative estimate of drug-likeness (QED) is 0.589. The van der Waals surface area contributed by atoms with Gasteiger partial charge in [0.2, 0.25) is 0 Å². The molecule has 2 aromatic carbocycles. The number of aryl methyl sites for hydroxylation is 1. The van der Waals surface area contributed by atoms with Crippen molar-refractivity contribution in [3.8, 4) is 0 Å². The first kappa shape index (κ1) is 19.8. The molecular formula is C22H23NO5. The van der Waals surface area contributed by atoms with Gasteiger partial charge in [0, 0.05) is 24.3 Å². The highest BCUT2D eigenvalue weighted by atomic mass is 16.5. The van der Waals surface area contributed by atoms with Crippen LogP contribution in [0.15, 0.2) is 48.5 Å². The molecule has 1 N–H and O–H groups in total. The number of hydrogen-bond acceptors (Lipinski definition) is 5. The molecule has 3 rings (SSSR count). The van der Waals surface area contributed by atoms with Crippen LogP contribution < -0.4 is 5.32 Å². The molecule has 1 heterocycles.